The molecule has 1 amide bonds. The lowest BCUT2D eigenvalue weighted by atomic mass is 9.70. The van der Waals surface area contributed by atoms with Crippen LogP contribution in [0.15, 0.2) is 66.7 Å². The summed E-state index contributed by atoms with van der Waals surface area (Å²) in [6.45, 7) is 0. The first kappa shape index (κ1) is 26.5. The molecule has 2 aliphatic rings. The maximum Gasteiger partial charge on any atom is 0.312 e. The van der Waals surface area contributed by atoms with E-state index < -0.39 is 35.1 Å². The van der Waals surface area contributed by atoms with Crippen LogP contribution in [0, 0.1) is 5.92 Å². The second-order valence-corrected chi connectivity index (χ2v) is 9.97. The fourth-order valence-electron chi connectivity index (χ4n) is 6.19. The van der Waals surface area contributed by atoms with E-state index in [1.807, 2.05) is 30.3 Å². The standard InChI is InChI=1S/C30H31NO8/c1-31(2)27(33)18-15-21(37-4)25-22(16-18)39-30(19-11-13-20(36-3)14-12-19)24(17-9-7-6-8-10-17)23(28(34)38-5)26(32)29(25,30)35/h6-16,23-24,26,32,35H,1-5H3/t23-,24-,26-,29+,30+/m1/s1. The van der Waals surface area contributed by atoms with Crippen LogP contribution in [0.2, 0.25) is 0 Å². The first-order valence-electron chi connectivity index (χ1n) is 12.5. The van der Waals surface area contributed by atoms with Gasteiger partial charge in [-0.2, -0.15) is 0 Å². The van der Waals surface area contributed by atoms with Gasteiger partial charge >= 0.3 is 5.97 Å². The summed E-state index contributed by atoms with van der Waals surface area (Å²) in [5, 5.41) is 24.7. The van der Waals surface area contributed by atoms with Crippen molar-refractivity contribution >= 4 is 11.9 Å². The molecule has 39 heavy (non-hydrogen) atoms. The number of esters is 1. The molecule has 0 spiro atoms. The maximum absolute atomic E-state index is 13.3. The third-order valence-electron chi connectivity index (χ3n) is 7.87. The van der Waals surface area contributed by atoms with Crippen molar-refractivity contribution in [3.63, 3.8) is 0 Å². The Morgan fingerprint density at radius 3 is 2.18 bits per heavy atom. The Labute approximate surface area is 226 Å². The number of nitrogens with zero attached hydrogens (tertiary/aromatic N) is 1. The average Bonchev–Trinajstić information content (AvgIpc) is 3.34. The van der Waals surface area contributed by atoms with Crippen LogP contribution in [-0.4, -0.2) is 68.5 Å². The zero-order chi connectivity index (χ0) is 28.1. The highest BCUT2D eigenvalue weighted by Crippen LogP contribution is 2.70. The Kier molecular flexibility index (Phi) is 6.52. The van der Waals surface area contributed by atoms with Crippen molar-refractivity contribution in [1.82, 2.24) is 4.90 Å². The quantitative estimate of drug-likeness (QED) is 0.465. The Morgan fingerprint density at radius 2 is 1.62 bits per heavy atom. The minimum Gasteiger partial charge on any atom is -0.497 e. The van der Waals surface area contributed by atoms with E-state index in [-0.39, 0.29) is 28.5 Å². The van der Waals surface area contributed by atoms with Crippen molar-refractivity contribution in [3.05, 3.63) is 89.0 Å². The smallest absolute Gasteiger partial charge is 0.312 e. The van der Waals surface area contributed by atoms with E-state index in [1.54, 1.807) is 45.5 Å². The largest absolute Gasteiger partial charge is 0.497 e. The van der Waals surface area contributed by atoms with Gasteiger partial charge in [-0.25, -0.2) is 0 Å². The minimum absolute atomic E-state index is 0.145. The highest BCUT2D eigenvalue weighted by atomic mass is 16.5. The van der Waals surface area contributed by atoms with Crippen molar-refractivity contribution in [2.24, 2.45) is 5.92 Å². The van der Waals surface area contributed by atoms with Crippen LogP contribution in [0.1, 0.15) is 33.0 Å². The van der Waals surface area contributed by atoms with Gasteiger partial charge in [-0.1, -0.05) is 42.5 Å². The molecule has 0 saturated heterocycles. The van der Waals surface area contributed by atoms with Crippen LogP contribution >= 0.6 is 0 Å². The lowest BCUT2D eigenvalue weighted by Crippen LogP contribution is -2.52. The fraction of sp³-hybridized carbons (Fsp3) is 0.333. The van der Waals surface area contributed by atoms with Crippen molar-refractivity contribution in [2.45, 2.75) is 23.2 Å². The highest BCUT2D eigenvalue weighted by Gasteiger charge is 2.78. The number of aliphatic hydroxyl groups excluding tert-OH is 1. The number of hydrogen-bond acceptors (Lipinski definition) is 8. The first-order chi connectivity index (χ1) is 18.6. The van der Waals surface area contributed by atoms with Gasteiger partial charge in [-0.15, -0.1) is 0 Å². The number of hydrogen-bond donors (Lipinski definition) is 2. The second kappa shape index (κ2) is 9.59. The molecule has 1 aliphatic carbocycles. The minimum atomic E-state index is -2.18. The van der Waals surface area contributed by atoms with Gasteiger partial charge in [0.25, 0.3) is 5.91 Å². The van der Waals surface area contributed by atoms with Gasteiger partial charge < -0.3 is 34.1 Å². The number of benzene rings is 3. The van der Waals surface area contributed by atoms with Gasteiger partial charge in [0.05, 0.1) is 32.8 Å². The molecule has 204 valence electrons. The third kappa shape index (κ3) is 3.60. The fourth-order valence-corrected chi connectivity index (χ4v) is 6.19. The molecule has 5 atom stereocenters. The molecule has 9 heteroatoms. The number of carbonyl (C=O) groups is 2. The van der Waals surface area contributed by atoms with E-state index in [9.17, 15) is 19.8 Å². The number of amides is 1. The summed E-state index contributed by atoms with van der Waals surface area (Å²) in [5.41, 5.74) is -2.33. The highest BCUT2D eigenvalue weighted by molar-refractivity contribution is 5.95. The molecule has 0 bridgehead atoms. The van der Waals surface area contributed by atoms with Crippen LogP contribution in [-0.2, 0) is 20.7 Å². The Balaban J connectivity index is 1.87. The summed E-state index contributed by atoms with van der Waals surface area (Å²) in [6, 6.07) is 19.0. The van der Waals surface area contributed by atoms with E-state index >= 15 is 0 Å². The third-order valence-corrected chi connectivity index (χ3v) is 7.87. The van der Waals surface area contributed by atoms with Gasteiger partial charge in [-0.3, -0.25) is 9.59 Å². The number of ether oxygens (including phenoxy) is 4. The molecule has 1 heterocycles. The van der Waals surface area contributed by atoms with Crippen LogP contribution in [0.4, 0.5) is 0 Å². The molecule has 9 nitrogen and oxygen atoms in total. The molecule has 5 rings (SSSR count). The SMILES string of the molecule is COC(=O)[C@H]1[C@@H](O)[C@@]2(O)c3c(OC)cc(C(=O)N(C)C)cc3O[C@@]2(c2ccc(OC)cc2)[C@@H]1c1ccccc1. The maximum atomic E-state index is 13.3. The van der Waals surface area contributed by atoms with E-state index in [2.05, 4.69) is 0 Å². The van der Waals surface area contributed by atoms with Gasteiger partial charge in [0, 0.05) is 25.6 Å². The van der Waals surface area contributed by atoms with E-state index in [0.29, 0.717) is 16.9 Å². The summed E-state index contributed by atoms with van der Waals surface area (Å²) in [5.74, 6) is -2.21. The van der Waals surface area contributed by atoms with Crippen LogP contribution in [0.3, 0.4) is 0 Å². The summed E-state index contributed by atoms with van der Waals surface area (Å²) < 4.78 is 22.9. The monoisotopic (exact) mass is 533 g/mol. The average molecular weight is 534 g/mol. The number of carbonyl (C=O) groups excluding carboxylic acids is 2. The van der Waals surface area contributed by atoms with Crippen molar-refractivity contribution < 1.29 is 38.7 Å². The molecular weight excluding hydrogens is 502 g/mol. The zero-order valence-corrected chi connectivity index (χ0v) is 22.4. The lowest BCUT2D eigenvalue weighted by Gasteiger charge is -2.40. The molecular formula is C30H31NO8. The van der Waals surface area contributed by atoms with Crippen molar-refractivity contribution in [1.29, 1.82) is 0 Å². The second-order valence-electron chi connectivity index (χ2n) is 9.97. The van der Waals surface area contributed by atoms with E-state index in [0.717, 1.165) is 0 Å². The topological polar surface area (TPSA) is 115 Å². The molecule has 1 aliphatic heterocycles. The summed E-state index contributed by atoms with van der Waals surface area (Å²) in [6.07, 6.45) is -1.66. The zero-order valence-electron chi connectivity index (χ0n) is 22.4. The van der Waals surface area contributed by atoms with Gasteiger partial charge in [0.15, 0.2) is 11.2 Å². The van der Waals surface area contributed by atoms with Crippen molar-refractivity contribution in [2.75, 3.05) is 35.4 Å². The van der Waals surface area contributed by atoms with Gasteiger partial charge in [0.1, 0.15) is 23.4 Å². The summed E-state index contributed by atoms with van der Waals surface area (Å²) in [4.78, 5) is 27.6. The predicted molar refractivity (Wildman–Crippen MR) is 141 cm³/mol. The number of rotatable bonds is 6. The first-order valence-corrected chi connectivity index (χ1v) is 12.5. The van der Waals surface area contributed by atoms with E-state index in [4.69, 9.17) is 18.9 Å². The molecule has 0 radical (unpaired) electrons. The lowest BCUT2D eigenvalue weighted by molar-refractivity contribution is -0.161. The van der Waals surface area contributed by atoms with Crippen LogP contribution in [0.25, 0.3) is 0 Å². The van der Waals surface area contributed by atoms with Crippen LogP contribution in [0.5, 0.6) is 17.2 Å². The number of fused-ring (bicyclic) bond motifs is 3. The molecule has 3 aromatic carbocycles. The summed E-state index contributed by atoms with van der Waals surface area (Å²) in [7, 11) is 7.44. The predicted octanol–water partition coefficient (Wildman–Crippen LogP) is 2.83. The Hall–Kier alpha value is -4.08. The van der Waals surface area contributed by atoms with Crippen LogP contribution < -0.4 is 14.2 Å². The Bertz CT molecular complexity index is 1410. The van der Waals surface area contributed by atoms with Crippen molar-refractivity contribution in [3.8, 4) is 17.2 Å². The molecule has 0 aromatic heterocycles. The Morgan fingerprint density at radius 1 is 0.949 bits per heavy atom. The van der Waals surface area contributed by atoms with E-state index in [1.165, 1.54) is 31.3 Å². The number of methoxy groups -OCH3 is 3. The molecule has 2 N–H and O–H groups in total. The molecule has 3 aromatic rings. The molecule has 1 fully saturated rings. The summed E-state index contributed by atoms with van der Waals surface area (Å²) >= 11 is 0. The van der Waals surface area contributed by atoms with Gasteiger partial charge in [-0.05, 0) is 35.4 Å². The number of aliphatic hydroxyl groups is 2. The molecule has 1 saturated carbocycles. The normalized spacial score (nSPS) is 26.7. The molecule has 0 unspecified atom stereocenters. The van der Waals surface area contributed by atoms with Gasteiger partial charge in [0.2, 0.25) is 0 Å².